The molecule has 0 bridgehead atoms. The zero-order valence-electron chi connectivity index (χ0n) is 15.7. The molecule has 0 aromatic heterocycles. The van der Waals surface area contributed by atoms with Gasteiger partial charge in [-0.2, -0.15) is 0 Å². The lowest BCUT2D eigenvalue weighted by molar-refractivity contribution is -0.157. The first-order valence-corrected chi connectivity index (χ1v) is 8.93. The maximum Gasteiger partial charge on any atom is 0.341 e. The number of aliphatic hydroxyl groups excluding tert-OH is 1. The van der Waals surface area contributed by atoms with Gasteiger partial charge < -0.3 is 19.3 Å². The summed E-state index contributed by atoms with van der Waals surface area (Å²) in [6.45, 7) is 11.1. The van der Waals surface area contributed by atoms with Gasteiger partial charge in [0.25, 0.3) is 0 Å². The van der Waals surface area contributed by atoms with Crippen molar-refractivity contribution in [3.63, 3.8) is 0 Å². The highest BCUT2D eigenvalue weighted by molar-refractivity contribution is 5.91. The molecule has 0 amide bonds. The van der Waals surface area contributed by atoms with Crippen molar-refractivity contribution >= 4 is 11.9 Å². The van der Waals surface area contributed by atoms with Crippen LogP contribution in [-0.2, 0) is 23.8 Å². The maximum atomic E-state index is 12.6. The summed E-state index contributed by atoms with van der Waals surface area (Å²) in [6, 6.07) is 0. The first-order chi connectivity index (χ1) is 12.1. The van der Waals surface area contributed by atoms with Crippen LogP contribution in [0.3, 0.4) is 0 Å². The number of carbonyl (C=O) groups excluding carboxylic acids is 2. The zero-order valence-corrected chi connectivity index (χ0v) is 15.7. The van der Waals surface area contributed by atoms with Crippen LogP contribution in [-0.4, -0.2) is 47.1 Å². The highest BCUT2D eigenvalue weighted by Gasteiger charge is 2.58. The van der Waals surface area contributed by atoms with Gasteiger partial charge in [-0.15, -0.1) is 0 Å². The summed E-state index contributed by atoms with van der Waals surface area (Å²) >= 11 is 0. The lowest BCUT2D eigenvalue weighted by atomic mass is 9.85. The monoisotopic (exact) mass is 362 g/mol. The smallest absolute Gasteiger partial charge is 0.341 e. The molecule has 0 spiro atoms. The third kappa shape index (κ3) is 3.48. The van der Waals surface area contributed by atoms with Crippen molar-refractivity contribution in [3.05, 3.63) is 35.5 Å². The van der Waals surface area contributed by atoms with E-state index in [2.05, 4.69) is 6.58 Å². The summed E-state index contributed by atoms with van der Waals surface area (Å²) in [5.41, 5.74) is 1.14. The second-order valence-electron chi connectivity index (χ2n) is 7.73. The van der Waals surface area contributed by atoms with Gasteiger partial charge in [0.1, 0.15) is 12.2 Å². The van der Waals surface area contributed by atoms with E-state index in [-0.39, 0.29) is 6.10 Å². The predicted octanol–water partition coefficient (Wildman–Crippen LogP) is 2.22. The summed E-state index contributed by atoms with van der Waals surface area (Å²) in [5.74, 6) is -1.39. The molecule has 2 heterocycles. The van der Waals surface area contributed by atoms with Gasteiger partial charge in [-0.3, -0.25) is 0 Å². The van der Waals surface area contributed by atoms with Crippen LogP contribution in [0.2, 0.25) is 0 Å². The Labute approximate surface area is 153 Å². The summed E-state index contributed by atoms with van der Waals surface area (Å²) in [6.07, 6.45) is 2.41. The highest BCUT2D eigenvalue weighted by atomic mass is 16.7. The van der Waals surface area contributed by atoms with Crippen molar-refractivity contribution in [1.82, 2.24) is 0 Å². The Bertz CT molecular complexity index is 705. The van der Waals surface area contributed by atoms with E-state index in [1.54, 1.807) is 13.0 Å². The molecule has 6 atom stereocenters. The van der Waals surface area contributed by atoms with Gasteiger partial charge in [0.05, 0.1) is 18.1 Å². The summed E-state index contributed by atoms with van der Waals surface area (Å²) < 4.78 is 16.6. The first-order valence-electron chi connectivity index (χ1n) is 8.93. The van der Waals surface area contributed by atoms with Crippen LogP contribution in [0.1, 0.15) is 40.5 Å². The Hall–Kier alpha value is -1.92. The number of esters is 2. The SMILES string of the molecule is C=C1C(=O)O[C@H]2/C=C(\C)C[C@H](O)/C=C(\C)C[C@@H](OC(=O)[C@]3(C)O[C@@H]3C)[C@@H]12. The molecular weight excluding hydrogens is 336 g/mol. The molecule has 2 saturated heterocycles. The van der Waals surface area contributed by atoms with E-state index in [4.69, 9.17) is 14.2 Å². The number of hydrogen-bond donors (Lipinski definition) is 1. The molecule has 6 nitrogen and oxygen atoms in total. The van der Waals surface area contributed by atoms with E-state index < -0.39 is 41.8 Å². The molecule has 3 rings (SSSR count). The molecular formula is C20H26O6. The quantitative estimate of drug-likeness (QED) is 0.351. The van der Waals surface area contributed by atoms with Crippen molar-refractivity contribution in [2.45, 2.75) is 70.6 Å². The molecule has 0 aromatic carbocycles. The molecule has 2 aliphatic heterocycles. The average Bonchev–Trinajstić information content (AvgIpc) is 3.04. The number of aliphatic hydroxyl groups is 1. The third-order valence-corrected chi connectivity index (χ3v) is 5.45. The Morgan fingerprint density at radius 1 is 1.31 bits per heavy atom. The van der Waals surface area contributed by atoms with E-state index in [1.807, 2.05) is 26.8 Å². The van der Waals surface area contributed by atoms with Crippen LogP contribution >= 0.6 is 0 Å². The lowest BCUT2D eigenvalue weighted by Gasteiger charge is -2.28. The maximum absolute atomic E-state index is 12.6. The Morgan fingerprint density at radius 2 is 1.92 bits per heavy atom. The van der Waals surface area contributed by atoms with Gasteiger partial charge in [-0.1, -0.05) is 23.8 Å². The minimum Gasteiger partial charge on any atom is -0.459 e. The first kappa shape index (κ1) is 18.9. The predicted molar refractivity (Wildman–Crippen MR) is 94.1 cm³/mol. The second kappa shape index (κ2) is 6.67. The normalized spacial score (nSPS) is 44.1. The van der Waals surface area contributed by atoms with Crippen molar-refractivity contribution in [3.8, 4) is 0 Å². The van der Waals surface area contributed by atoms with Gasteiger partial charge >= 0.3 is 11.9 Å². The summed E-state index contributed by atoms with van der Waals surface area (Å²) in [4.78, 5) is 24.7. The van der Waals surface area contributed by atoms with E-state index in [0.717, 1.165) is 11.1 Å². The largest absolute Gasteiger partial charge is 0.459 e. The summed E-state index contributed by atoms with van der Waals surface area (Å²) in [7, 11) is 0. The Morgan fingerprint density at radius 3 is 2.54 bits per heavy atom. The van der Waals surface area contributed by atoms with Gasteiger partial charge in [0.2, 0.25) is 0 Å². The minimum absolute atomic E-state index is 0.199. The van der Waals surface area contributed by atoms with Crippen LogP contribution in [0.5, 0.6) is 0 Å². The number of rotatable bonds is 2. The van der Waals surface area contributed by atoms with Gasteiger partial charge in [0.15, 0.2) is 5.60 Å². The fraction of sp³-hybridized carbons (Fsp3) is 0.600. The van der Waals surface area contributed by atoms with Crippen LogP contribution in [0.15, 0.2) is 35.5 Å². The standard InChI is InChI=1S/C20H26O6/c1-10-6-14(21)7-11(2)9-16(25-19(23)20(5)13(4)26-20)17-12(3)18(22)24-15(17)8-10/h7-8,13-17,21H,3,6,9H2,1-2,4-5H3/b10-8+,11-7+/t13-,14+,15+,16-,17+,20-/m1/s1. The Kier molecular flexibility index (Phi) is 4.84. The molecule has 0 radical (unpaired) electrons. The lowest BCUT2D eigenvalue weighted by Crippen LogP contribution is -2.37. The van der Waals surface area contributed by atoms with Crippen molar-refractivity contribution in [2.24, 2.45) is 5.92 Å². The minimum atomic E-state index is -0.946. The van der Waals surface area contributed by atoms with Crippen molar-refractivity contribution in [2.75, 3.05) is 0 Å². The molecule has 0 unspecified atom stereocenters. The fourth-order valence-electron chi connectivity index (χ4n) is 3.68. The number of ether oxygens (including phenoxy) is 3. The van der Waals surface area contributed by atoms with Crippen LogP contribution in [0.4, 0.5) is 0 Å². The molecule has 142 valence electrons. The molecule has 2 fully saturated rings. The van der Waals surface area contributed by atoms with E-state index in [1.165, 1.54) is 0 Å². The van der Waals surface area contributed by atoms with Crippen LogP contribution in [0.25, 0.3) is 0 Å². The zero-order chi connectivity index (χ0) is 19.2. The topological polar surface area (TPSA) is 85.4 Å². The number of hydrogen-bond acceptors (Lipinski definition) is 6. The van der Waals surface area contributed by atoms with E-state index in [0.29, 0.717) is 18.4 Å². The number of epoxide rings is 1. The highest BCUT2D eigenvalue weighted by Crippen LogP contribution is 2.40. The van der Waals surface area contributed by atoms with Crippen molar-refractivity contribution in [1.29, 1.82) is 0 Å². The van der Waals surface area contributed by atoms with E-state index >= 15 is 0 Å². The molecule has 3 aliphatic rings. The Balaban J connectivity index is 1.93. The molecule has 0 saturated carbocycles. The van der Waals surface area contributed by atoms with Gasteiger partial charge in [0, 0.05) is 12.0 Å². The van der Waals surface area contributed by atoms with Crippen molar-refractivity contribution < 1.29 is 28.9 Å². The van der Waals surface area contributed by atoms with Gasteiger partial charge in [-0.05, 0) is 40.2 Å². The molecule has 6 heteroatoms. The molecule has 1 aliphatic carbocycles. The average molecular weight is 362 g/mol. The van der Waals surface area contributed by atoms with Gasteiger partial charge in [-0.25, -0.2) is 9.59 Å². The van der Waals surface area contributed by atoms with Crippen LogP contribution < -0.4 is 0 Å². The van der Waals surface area contributed by atoms with E-state index in [9.17, 15) is 14.7 Å². The fourth-order valence-corrected chi connectivity index (χ4v) is 3.68. The summed E-state index contributed by atoms with van der Waals surface area (Å²) in [5, 5.41) is 10.2. The molecule has 0 aromatic rings. The molecule has 26 heavy (non-hydrogen) atoms. The second-order valence-corrected chi connectivity index (χ2v) is 7.73. The number of carbonyl (C=O) groups is 2. The van der Waals surface area contributed by atoms with Crippen LogP contribution in [0, 0.1) is 5.92 Å². The third-order valence-electron chi connectivity index (χ3n) is 5.45. The molecule has 1 N–H and O–H groups in total. The number of fused-ring (bicyclic) bond motifs is 1.